The molecule has 1 aliphatic carbocycles. The first-order chi connectivity index (χ1) is 16.4. The van der Waals surface area contributed by atoms with Crippen LogP contribution in [0.15, 0.2) is 36.4 Å². The van der Waals surface area contributed by atoms with E-state index in [-0.39, 0.29) is 0 Å². The van der Waals surface area contributed by atoms with Gasteiger partial charge in [0.15, 0.2) is 0 Å². The van der Waals surface area contributed by atoms with E-state index in [1.54, 1.807) is 0 Å². The summed E-state index contributed by atoms with van der Waals surface area (Å²) in [5.74, 6) is 1.88. The van der Waals surface area contributed by atoms with E-state index in [0.717, 1.165) is 74.6 Å². The topological polar surface area (TPSA) is 32.8 Å². The summed E-state index contributed by atoms with van der Waals surface area (Å²) in [6.45, 7) is 4.84. The van der Waals surface area contributed by atoms with Crippen molar-refractivity contribution in [3.63, 3.8) is 0 Å². The van der Waals surface area contributed by atoms with Crippen molar-refractivity contribution in [2.24, 2.45) is 5.92 Å². The molecule has 184 valence electrons. The molecule has 34 heavy (non-hydrogen) atoms. The van der Waals surface area contributed by atoms with E-state index in [1.165, 1.54) is 29.5 Å². The van der Waals surface area contributed by atoms with E-state index in [1.807, 2.05) is 0 Å². The average molecular weight is 483 g/mol. The molecule has 2 fully saturated rings. The third-order valence-electron chi connectivity index (χ3n) is 7.39. The summed E-state index contributed by atoms with van der Waals surface area (Å²) in [5, 5.41) is 0.847. The van der Waals surface area contributed by atoms with Gasteiger partial charge in [-0.2, -0.15) is 0 Å². The molecule has 0 radical (unpaired) electrons. The fourth-order valence-corrected chi connectivity index (χ4v) is 5.86. The lowest BCUT2D eigenvalue weighted by molar-refractivity contribution is -0.130. The van der Waals surface area contributed by atoms with Gasteiger partial charge in [0.1, 0.15) is 5.75 Å². The number of likely N-dealkylation sites (tertiary alicyclic amines) is 1. The highest BCUT2D eigenvalue weighted by Gasteiger charge is 2.32. The maximum atomic E-state index is 12.2. The van der Waals surface area contributed by atoms with Crippen LogP contribution in [0.1, 0.15) is 56.1 Å². The monoisotopic (exact) mass is 482 g/mol. The first kappa shape index (κ1) is 25.1. The molecule has 0 N–H and O–H groups in total. The molecule has 0 spiro atoms. The molecule has 0 aromatic heterocycles. The number of hydrogen-bond donors (Lipinski definition) is 0. The van der Waals surface area contributed by atoms with Crippen LogP contribution in [-0.4, -0.2) is 55.5 Å². The van der Waals surface area contributed by atoms with E-state index in [2.05, 4.69) is 67.2 Å². The smallest absolute Gasteiger partial charge is 0.222 e. The predicted molar refractivity (Wildman–Crippen MR) is 141 cm³/mol. The number of halogens is 1. The van der Waals surface area contributed by atoms with Crippen LogP contribution in [-0.2, 0) is 11.2 Å². The summed E-state index contributed by atoms with van der Waals surface area (Å²) >= 11 is 6.79. The van der Waals surface area contributed by atoms with Gasteiger partial charge in [0, 0.05) is 30.6 Å². The molecule has 2 atom stereocenters. The molecule has 4 nitrogen and oxygen atoms in total. The number of carbonyl (C=O) groups is 1. The molecule has 0 bridgehead atoms. The van der Waals surface area contributed by atoms with E-state index in [0.29, 0.717) is 17.9 Å². The predicted octanol–water partition coefficient (Wildman–Crippen LogP) is 6.37. The Bertz CT molecular complexity index is 990. The Morgan fingerprint density at radius 2 is 1.97 bits per heavy atom. The maximum Gasteiger partial charge on any atom is 0.222 e. The highest BCUT2D eigenvalue weighted by molar-refractivity contribution is 6.31. The van der Waals surface area contributed by atoms with Crippen LogP contribution in [0.2, 0.25) is 5.02 Å². The van der Waals surface area contributed by atoms with Gasteiger partial charge in [-0.1, -0.05) is 36.2 Å². The number of carbonyl (C=O) groups excluding carboxylic acids is 1. The number of nitrogens with zero attached hydrogens (tertiary/aromatic N) is 2. The van der Waals surface area contributed by atoms with Gasteiger partial charge < -0.3 is 14.5 Å². The van der Waals surface area contributed by atoms with Gasteiger partial charge in [0.2, 0.25) is 5.91 Å². The van der Waals surface area contributed by atoms with Crippen molar-refractivity contribution in [1.82, 2.24) is 9.80 Å². The molecule has 2 aromatic rings. The first-order valence-corrected chi connectivity index (χ1v) is 13.2. The largest absolute Gasteiger partial charge is 0.494 e. The lowest BCUT2D eigenvalue weighted by Crippen LogP contribution is -2.39. The maximum absolute atomic E-state index is 12.2. The zero-order valence-electron chi connectivity index (χ0n) is 21.0. The van der Waals surface area contributed by atoms with Gasteiger partial charge in [0.25, 0.3) is 0 Å². The van der Waals surface area contributed by atoms with E-state index < -0.39 is 0 Å². The number of hydrogen-bond acceptors (Lipinski definition) is 3. The zero-order chi connectivity index (χ0) is 24.1. The third-order valence-corrected chi connectivity index (χ3v) is 7.75. The SMILES string of the molecule is Cc1cc(OCCCN(C)C)ccc1-c1ccc(CC2CCCC(N3CCCC3=O)C2)c(Cl)c1. The standard InChI is InChI=1S/C29H39ClN2O2/c1-21-17-26(34-16-6-14-31(2)3)12-13-27(21)23-10-11-24(28(30)20-23)18-22-7-4-8-25(19-22)32-15-5-9-29(32)33/h10-13,17,20,22,25H,4-9,14-16,18-19H2,1-3H3. The van der Waals surface area contributed by atoms with Crippen molar-refractivity contribution in [2.45, 2.75) is 64.3 Å². The lowest BCUT2D eigenvalue weighted by atomic mass is 9.81. The van der Waals surface area contributed by atoms with Crippen molar-refractivity contribution in [3.05, 3.63) is 52.5 Å². The summed E-state index contributed by atoms with van der Waals surface area (Å²) < 4.78 is 5.93. The van der Waals surface area contributed by atoms with Crippen molar-refractivity contribution < 1.29 is 9.53 Å². The summed E-state index contributed by atoms with van der Waals surface area (Å²) in [5.41, 5.74) is 4.76. The van der Waals surface area contributed by atoms with Gasteiger partial charge in [0.05, 0.1) is 6.61 Å². The molecule has 1 saturated carbocycles. The summed E-state index contributed by atoms with van der Waals surface area (Å²) in [4.78, 5) is 16.5. The molecule has 1 saturated heterocycles. The number of amides is 1. The second kappa shape index (κ2) is 11.6. The van der Waals surface area contributed by atoms with Crippen LogP contribution < -0.4 is 4.74 Å². The minimum atomic E-state index is 0.355. The molecule has 2 aliphatic rings. The van der Waals surface area contributed by atoms with Crippen LogP contribution in [0.25, 0.3) is 11.1 Å². The fourth-order valence-electron chi connectivity index (χ4n) is 5.60. The third kappa shape index (κ3) is 6.34. The Kier molecular flexibility index (Phi) is 8.55. The van der Waals surface area contributed by atoms with Gasteiger partial charge in [-0.05, 0) is 106 Å². The lowest BCUT2D eigenvalue weighted by Gasteiger charge is -2.35. The van der Waals surface area contributed by atoms with E-state index in [4.69, 9.17) is 16.3 Å². The second-order valence-electron chi connectivity index (χ2n) is 10.4. The quantitative estimate of drug-likeness (QED) is 0.389. The molecule has 5 heteroatoms. The number of ether oxygens (including phenoxy) is 1. The molecule has 2 unspecified atom stereocenters. The van der Waals surface area contributed by atoms with E-state index in [9.17, 15) is 4.79 Å². The normalized spacial score (nSPS) is 20.9. The minimum absolute atomic E-state index is 0.355. The Morgan fingerprint density at radius 1 is 1.12 bits per heavy atom. The molecule has 4 rings (SSSR count). The summed E-state index contributed by atoms with van der Waals surface area (Å²) in [7, 11) is 4.16. The van der Waals surface area contributed by atoms with Crippen molar-refractivity contribution in [1.29, 1.82) is 0 Å². The highest BCUT2D eigenvalue weighted by atomic mass is 35.5. The zero-order valence-corrected chi connectivity index (χ0v) is 21.7. The molecule has 2 aromatic carbocycles. The fraction of sp³-hybridized carbons (Fsp3) is 0.552. The molecule has 1 aliphatic heterocycles. The van der Waals surface area contributed by atoms with Crippen LogP contribution >= 0.6 is 11.6 Å². The molecule has 1 heterocycles. The van der Waals surface area contributed by atoms with Gasteiger partial charge >= 0.3 is 0 Å². The summed E-state index contributed by atoms with van der Waals surface area (Å²) in [6, 6.07) is 13.3. The number of aryl methyl sites for hydroxylation is 1. The minimum Gasteiger partial charge on any atom is -0.494 e. The average Bonchev–Trinajstić information content (AvgIpc) is 3.24. The molecular formula is C29H39ClN2O2. The summed E-state index contributed by atoms with van der Waals surface area (Å²) in [6.07, 6.45) is 8.47. The van der Waals surface area contributed by atoms with Crippen molar-refractivity contribution in [2.75, 3.05) is 33.8 Å². The van der Waals surface area contributed by atoms with Crippen LogP contribution in [0.3, 0.4) is 0 Å². The Labute approximate surface area is 210 Å². The van der Waals surface area contributed by atoms with Crippen LogP contribution in [0, 0.1) is 12.8 Å². The van der Waals surface area contributed by atoms with Crippen molar-refractivity contribution >= 4 is 17.5 Å². The number of rotatable bonds is 9. The van der Waals surface area contributed by atoms with Gasteiger partial charge in [-0.25, -0.2) is 0 Å². The van der Waals surface area contributed by atoms with E-state index >= 15 is 0 Å². The highest BCUT2D eigenvalue weighted by Crippen LogP contribution is 2.35. The van der Waals surface area contributed by atoms with Crippen LogP contribution in [0.4, 0.5) is 0 Å². The Hall–Kier alpha value is -2.04. The van der Waals surface area contributed by atoms with Crippen molar-refractivity contribution in [3.8, 4) is 16.9 Å². The molecule has 1 amide bonds. The van der Waals surface area contributed by atoms with Gasteiger partial charge in [-0.3, -0.25) is 4.79 Å². The first-order valence-electron chi connectivity index (χ1n) is 12.9. The number of benzene rings is 2. The Balaban J connectivity index is 1.37. The van der Waals surface area contributed by atoms with Gasteiger partial charge in [-0.15, -0.1) is 0 Å². The molecular weight excluding hydrogens is 444 g/mol. The second-order valence-corrected chi connectivity index (χ2v) is 10.8. The van der Waals surface area contributed by atoms with Crippen LogP contribution in [0.5, 0.6) is 5.75 Å². The Morgan fingerprint density at radius 3 is 2.68 bits per heavy atom.